The van der Waals surface area contributed by atoms with Crippen LogP contribution >= 0.6 is 0 Å². The quantitative estimate of drug-likeness (QED) is 0.502. The SMILES string of the molecule is [Be+2].[Co].[Cu].[H-].[H-].[Zr]. The zero-order valence-electron chi connectivity index (χ0n) is 3.84. The summed E-state index contributed by atoms with van der Waals surface area (Å²) in [5.41, 5.74) is 0. The van der Waals surface area contributed by atoms with Crippen molar-refractivity contribution in [1.82, 2.24) is 0 Å². The molecule has 4 heteroatoms. The molecule has 0 atom stereocenters. The first-order valence-electron chi connectivity index (χ1n) is 0. The zero-order valence-corrected chi connectivity index (χ0v) is 6.28. The maximum Gasteiger partial charge on any atom is 2.00 e. The fraction of sp³-hybridized carbons (Fsp3) is 0. The van der Waals surface area contributed by atoms with E-state index >= 15 is 0 Å². The van der Waals surface area contributed by atoms with Gasteiger partial charge in [-0.1, -0.05) is 0 Å². The van der Waals surface area contributed by atoms with Crippen LogP contribution in [0.2, 0.25) is 0 Å². The van der Waals surface area contributed by atoms with E-state index in [-0.39, 0.29) is 73.0 Å². The van der Waals surface area contributed by atoms with Crippen LogP contribution in [0.5, 0.6) is 0 Å². The predicted molar refractivity (Wildman–Crippen MR) is 7.98 cm³/mol. The van der Waals surface area contributed by atoms with Gasteiger partial charge in [0.15, 0.2) is 0 Å². The van der Waals surface area contributed by atoms with E-state index in [1.54, 1.807) is 0 Å². The molecule has 0 aliphatic heterocycles. The summed E-state index contributed by atoms with van der Waals surface area (Å²) in [6.45, 7) is 0. The number of rotatable bonds is 0. The third-order valence-corrected chi connectivity index (χ3v) is 0. The Morgan fingerprint density at radius 1 is 1.25 bits per heavy atom. The first-order valence-corrected chi connectivity index (χ1v) is 0. The molecule has 0 unspecified atom stereocenters. The minimum absolute atomic E-state index is 0. The molecule has 0 aliphatic rings. The van der Waals surface area contributed by atoms with Crippen molar-refractivity contribution in [3.63, 3.8) is 0 Å². The Morgan fingerprint density at radius 2 is 1.25 bits per heavy atom. The van der Waals surface area contributed by atoms with E-state index in [9.17, 15) is 0 Å². The largest absolute Gasteiger partial charge is 2.00 e. The number of hydrogen-bond acceptors (Lipinski definition) is 0. The van der Waals surface area contributed by atoms with Gasteiger partial charge in [0.25, 0.3) is 0 Å². The smallest absolute Gasteiger partial charge is 1.00 e. The molecular formula is H2BeCoCuZr. The van der Waals surface area contributed by atoms with Gasteiger partial charge in [-0.2, -0.15) is 0 Å². The van der Waals surface area contributed by atoms with E-state index in [4.69, 9.17) is 0 Å². The van der Waals surface area contributed by atoms with Crippen LogP contribution in [0.1, 0.15) is 2.85 Å². The van der Waals surface area contributed by atoms with Crippen molar-refractivity contribution in [3.8, 4) is 0 Å². The van der Waals surface area contributed by atoms with Crippen molar-refractivity contribution in [2.45, 2.75) is 0 Å². The standard InChI is InChI=1S/Be.Co.Cu.Zr.2H/q+2;;;;2*-1. The van der Waals surface area contributed by atoms with Gasteiger partial charge in [-0.3, -0.25) is 0 Å². The monoisotopic (exact) mass is 223 g/mol. The van der Waals surface area contributed by atoms with Crippen molar-refractivity contribution in [2.24, 2.45) is 0 Å². The maximum absolute atomic E-state index is 0. The molecule has 28 valence electrons. The van der Waals surface area contributed by atoms with Gasteiger partial charge in [0, 0.05) is 60.1 Å². The normalized spacial score (nSPS) is 0. The van der Waals surface area contributed by atoms with Gasteiger partial charge >= 0.3 is 10.1 Å². The van der Waals surface area contributed by atoms with Gasteiger partial charge in [-0.05, 0) is 0 Å². The van der Waals surface area contributed by atoms with E-state index in [0.717, 1.165) is 0 Å². The Balaban J connectivity index is 0. The summed E-state index contributed by atoms with van der Waals surface area (Å²) in [4.78, 5) is 0. The average Bonchev–Trinajstić information content (AvgIpc) is 0. The molecule has 0 rings (SSSR count). The van der Waals surface area contributed by atoms with Gasteiger partial charge < -0.3 is 2.85 Å². The average molecular weight is 225 g/mol. The Bertz CT molecular complexity index is 13.5. The second-order valence-corrected chi connectivity index (χ2v) is 0. The van der Waals surface area contributed by atoms with E-state index in [2.05, 4.69) is 0 Å². The summed E-state index contributed by atoms with van der Waals surface area (Å²) in [7, 11) is 0. The molecule has 0 fully saturated rings. The molecule has 0 saturated heterocycles. The minimum atomic E-state index is 0. The Morgan fingerprint density at radius 3 is 1.25 bits per heavy atom. The molecule has 2 radical (unpaired) electrons. The van der Waals surface area contributed by atoms with E-state index in [1.807, 2.05) is 0 Å². The molecule has 0 nitrogen and oxygen atoms in total. The molecule has 0 N–H and O–H groups in total. The summed E-state index contributed by atoms with van der Waals surface area (Å²) in [6, 6.07) is 0. The second kappa shape index (κ2) is 19.6. The fourth-order valence-electron chi connectivity index (χ4n) is 0. The molecule has 0 spiro atoms. The Kier molecular flexibility index (Phi) is 177. The van der Waals surface area contributed by atoms with Crippen molar-refractivity contribution >= 4 is 10.1 Å². The van der Waals surface area contributed by atoms with Crippen LogP contribution in [0.25, 0.3) is 0 Å². The molecule has 0 saturated carbocycles. The van der Waals surface area contributed by atoms with Gasteiger partial charge in [0.1, 0.15) is 0 Å². The first kappa shape index (κ1) is 36.3. The van der Waals surface area contributed by atoms with Gasteiger partial charge in [-0.25, -0.2) is 0 Å². The summed E-state index contributed by atoms with van der Waals surface area (Å²) >= 11 is 0. The van der Waals surface area contributed by atoms with Crippen LogP contribution in [0.4, 0.5) is 0 Å². The summed E-state index contributed by atoms with van der Waals surface area (Å²) in [5, 5.41) is 0. The van der Waals surface area contributed by atoms with Crippen LogP contribution in [0, 0.1) is 0 Å². The third kappa shape index (κ3) is 8.95. The predicted octanol–water partition coefficient (Wildman–Crippen LogP) is -0.163. The van der Waals surface area contributed by atoms with Gasteiger partial charge in [0.05, 0.1) is 0 Å². The second-order valence-electron chi connectivity index (χ2n) is 0. The first-order chi connectivity index (χ1) is 0. The van der Waals surface area contributed by atoms with Gasteiger partial charge in [-0.15, -0.1) is 0 Å². The zero-order chi connectivity index (χ0) is 0. The third-order valence-electron chi connectivity index (χ3n) is 0. The molecular weight excluding hydrogens is 223 g/mol. The van der Waals surface area contributed by atoms with E-state index in [0.29, 0.717) is 0 Å². The number of hydrogen-bond donors (Lipinski definition) is 0. The van der Waals surface area contributed by atoms with Crippen LogP contribution in [0.15, 0.2) is 0 Å². The fourth-order valence-corrected chi connectivity index (χ4v) is 0. The van der Waals surface area contributed by atoms with Crippen molar-refractivity contribution < 1.29 is 62.9 Å². The summed E-state index contributed by atoms with van der Waals surface area (Å²) < 4.78 is 0. The van der Waals surface area contributed by atoms with Crippen LogP contribution in [-0.4, -0.2) is 10.1 Å². The molecule has 0 aliphatic carbocycles. The molecule has 0 aromatic rings. The van der Waals surface area contributed by atoms with Crippen LogP contribution in [0.3, 0.4) is 0 Å². The van der Waals surface area contributed by atoms with Crippen LogP contribution < -0.4 is 0 Å². The summed E-state index contributed by atoms with van der Waals surface area (Å²) in [6.07, 6.45) is 0. The van der Waals surface area contributed by atoms with E-state index < -0.39 is 0 Å². The van der Waals surface area contributed by atoms with Crippen molar-refractivity contribution in [3.05, 3.63) is 0 Å². The molecule has 0 heterocycles. The van der Waals surface area contributed by atoms with Crippen molar-refractivity contribution in [1.29, 1.82) is 0 Å². The Hall–Kier alpha value is 2.08. The van der Waals surface area contributed by atoms with Crippen LogP contribution in [-0.2, 0) is 60.1 Å². The molecule has 0 aromatic heterocycles. The van der Waals surface area contributed by atoms with E-state index in [1.165, 1.54) is 0 Å². The summed E-state index contributed by atoms with van der Waals surface area (Å²) in [5.74, 6) is 0. The molecule has 0 amide bonds. The van der Waals surface area contributed by atoms with Crippen molar-refractivity contribution in [2.75, 3.05) is 0 Å². The molecule has 0 aromatic carbocycles. The Labute approximate surface area is 72.5 Å². The molecule has 4 heavy (non-hydrogen) atoms. The van der Waals surface area contributed by atoms with Gasteiger partial charge in [0.2, 0.25) is 0 Å². The maximum atomic E-state index is 0. The molecule has 0 bridgehead atoms. The topological polar surface area (TPSA) is 0 Å². The minimum Gasteiger partial charge on any atom is -1.00 e.